The molecular weight excluding hydrogens is 469 g/mol. The van der Waals surface area contributed by atoms with Crippen molar-refractivity contribution in [3.63, 3.8) is 0 Å². The summed E-state index contributed by atoms with van der Waals surface area (Å²) in [6.45, 7) is 4.11. The van der Waals surface area contributed by atoms with E-state index in [1.807, 2.05) is 6.92 Å². The Morgan fingerprint density at radius 3 is 2.16 bits per heavy atom. The molecule has 0 spiro atoms. The van der Waals surface area contributed by atoms with Crippen LogP contribution in [0, 0.1) is 13.8 Å². The summed E-state index contributed by atoms with van der Waals surface area (Å²) in [5.74, 6) is 0.380. The number of nitrogens with zero attached hydrogens (tertiary/aromatic N) is 1. The molecule has 182 valence electrons. The van der Waals surface area contributed by atoms with Gasteiger partial charge in [-0.05, 0) is 73.7 Å². The largest absolute Gasteiger partial charge is 0.507 e. The summed E-state index contributed by atoms with van der Waals surface area (Å²) >= 11 is 0. The number of fused-ring (bicyclic) bond motifs is 1. The quantitative estimate of drug-likeness (QED) is 0.248. The number of phenolic OH excluding ortho intramolecular Hbond substituents is 1. The highest BCUT2D eigenvalue weighted by atomic mass is 31.1. The highest BCUT2D eigenvalue weighted by molar-refractivity contribution is 7.82. The second-order valence-electron chi connectivity index (χ2n) is 9.95. The van der Waals surface area contributed by atoms with Gasteiger partial charge < -0.3 is 5.11 Å². The molecule has 1 aliphatic heterocycles. The second-order valence-corrected chi connectivity index (χ2v) is 12.2. The van der Waals surface area contributed by atoms with Crippen LogP contribution in [-0.2, 0) is 5.41 Å². The molecule has 1 fully saturated rings. The van der Waals surface area contributed by atoms with E-state index in [2.05, 4.69) is 122 Å². The summed E-state index contributed by atoms with van der Waals surface area (Å²) in [4.78, 5) is 5.51. The molecule has 3 heteroatoms. The average Bonchev–Trinajstić information content (AvgIpc) is 3.31. The van der Waals surface area contributed by atoms with Gasteiger partial charge in [0.1, 0.15) is 5.75 Å². The van der Waals surface area contributed by atoms with Crippen LogP contribution in [0.25, 0.3) is 10.8 Å². The van der Waals surface area contributed by atoms with Crippen LogP contribution in [0.2, 0.25) is 0 Å². The number of aryl methyl sites for hydroxylation is 2. The van der Waals surface area contributed by atoms with E-state index >= 15 is 0 Å². The molecule has 0 bridgehead atoms. The normalized spacial score (nSPS) is 20.5. The molecule has 0 saturated carbocycles. The first-order valence-electron chi connectivity index (χ1n) is 12.8. The standard InChI is InChI=1S/C34H30NOP/c1-24-21-25(2)32(36)31(22-24)34(28-13-5-3-6-14-28)19-20-37(30-15-7-4-8-16-30)33(34)35-29-18-17-26-11-9-10-12-27(26)23-29/h3-18,21-23,36H,19-20H2,1-2H3. The van der Waals surface area contributed by atoms with E-state index in [4.69, 9.17) is 4.99 Å². The number of aromatic hydroxyl groups is 1. The number of aliphatic imine (C=N–C) groups is 1. The number of hydrogen-bond acceptors (Lipinski definition) is 2. The lowest BCUT2D eigenvalue weighted by atomic mass is 9.72. The fourth-order valence-electron chi connectivity index (χ4n) is 5.80. The van der Waals surface area contributed by atoms with Gasteiger partial charge in [-0.15, -0.1) is 0 Å². The smallest absolute Gasteiger partial charge is 0.123 e. The van der Waals surface area contributed by atoms with E-state index < -0.39 is 13.3 Å². The van der Waals surface area contributed by atoms with E-state index in [9.17, 15) is 5.11 Å². The molecule has 1 heterocycles. The Balaban J connectivity index is 1.66. The highest BCUT2D eigenvalue weighted by Crippen LogP contribution is 2.60. The van der Waals surface area contributed by atoms with Crippen LogP contribution >= 0.6 is 7.92 Å². The van der Waals surface area contributed by atoms with E-state index in [0.717, 1.165) is 40.4 Å². The third kappa shape index (κ3) is 4.16. The van der Waals surface area contributed by atoms with E-state index in [0.29, 0.717) is 5.75 Å². The van der Waals surface area contributed by atoms with Gasteiger partial charge in [0, 0.05) is 5.56 Å². The third-order valence-electron chi connectivity index (χ3n) is 7.55. The summed E-state index contributed by atoms with van der Waals surface area (Å²) in [6, 6.07) is 40.6. The molecule has 37 heavy (non-hydrogen) atoms. The zero-order valence-corrected chi connectivity index (χ0v) is 22.1. The van der Waals surface area contributed by atoms with Crippen molar-refractivity contribution in [1.29, 1.82) is 0 Å². The van der Waals surface area contributed by atoms with Gasteiger partial charge in [-0.1, -0.05) is 109 Å². The van der Waals surface area contributed by atoms with Crippen LogP contribution in [0.5, 0.6) is 5.75 Å². The van der Waals surface area contributed by atoms with Crippen molar-refractivity contribution in [3.8, 4) is 5.75 Å². The summed E-state index contributed by atoms with van der Waals surface area (Å²) in [5.41, 5.74) is 5.84. The van der Waals surface area contributed by atoms with Crippen LogP contribution < -0.4 is 5.30 Å². The second kappa shape index (κ2) is 9.61. The van der Waals surface area contributed by atoms with E-state index in [-0.39, 0.29) is 0 Å². The SMILES string of the molecule is Cc1cc(C)c(O)c(C2(c3ccccc3)CCP(c3ccccc3)C2=Nc2ccc3ccccc3c2)c1. The zero-order valence-electron chi connectivity index (χ0n) is 21.2. The molecule has 1 saturated heterocycles. The Hall–Kier alpha value is -3.74. The lowest BCUT2D eigenvalue weighted by Crippen LogP contribution is -2.33. The van der Waals surface area contributed by atoms with Gasteiger partial charge in [-0.25, -0.2) is 0 Å². The van der Waals surface area contributed by atoms with Crippen LogP contribution in [0.3, 0.4) is 0 Å². The maximum Gasteiger partial charge on any atom is 0.123 e. The number of hydrogen-bond donors (Lipinski definition) is 1. The molecule has 5 aromatic rings. The molecule has 2 atom stereocenters. The maximum atomic E-state index is 11.5. The molecule has 0 radical (unpaired) electrons. The Morgan fingerprint density at radius 1 is 0.730 bits per heavy atom. The van der Waals surface area contributed by atoms with Crippen molar-refractivity contribution in [2.24, 2.45) is 4.99 Å². The van der Waals surface area contributed by atoms with Gasteiger partial charge in [0.25, 0.3) is 0 Å². The topological polar surface area (TPSA) is 32.6 Å². The first-order valence-corrected chi connectivity index (χ1v) is 14.4. The Labute approximate surface area is 220 Å². The van der Waals surface area contributed by atoms with Gasteiger partial charge in [0.15, 0.2) is 0 Å². The van der Waals surface area contributed by atoms with Crippen molar-refractivity contribution in [1.82, 2.24) is 0 Å². The van der Waals surface area contributed by atoms with Crippen molar-refractivity contribution < 1.29 is 5.11 Å². The highest BCUT2D eigenvalue weighted by Gasteiger charge is 2.50. The first kappa shape index (κ1) is 23.6. The van der Waals surface area contributed by atoms with Crippen LogP contribution in [0.1, 0.15) is 28.7 Å². The predicted octanol–water partition coefficient (Wildman–Crippen LogP) is 8.39. The third-order valence-corrected chi connectivity index (χ3v) is 10.1. The summed E-state index contributed by atoms with van der Waals surface area (Å²) < 4.78 is 0. The van der Waals surface area contributed by atoms with E-state index in [1.54, 1.807) is 0 Å². The molecule has 1 N–H and O–H groups in total. The Kier molecular flexibility index (Phi) is 6.14. The van der Waals surface area contributed by atoms with Crippen molar-refractivity contribution in [2.75, 3.05) is 6.16 Å². The molecule has 2 nitrogen and oxygen atoms in total. The molecule has 0 aliphatic carbocycles. The minimum Gasteiger partial charge on any atom is -0.507 e. The summed E-state index contributed by atoms with van der Waals surface area (Å²) in [6.07, 6.45) is 1.92. The number of benzene rings is 5. The molecule has 5 aromatic carbocycles. The molecule has 0 aromatic heterocycles. The van der Waals surface area contributed by atoms with Crippen LogP contribution in [-0.4, -0.2) is 16.7 Å². The fourth-order valence-corrected chi connectivity index (χ4v) is 8.67. The minimum absolute atomic E-state index is 0.380. The van der Waals surface area contributed by atoms with Crippen LogP contribution in [0.15, 0.2) is 120 Å². The maximum absolute atomic E-state index is 11.5. The number of rotatable bonds is 4. The molecule has 6 rings (SSSR count). The van der Waals surface area contributed by atoms with Gasteiger partial charge in [-0.2, -0.15) is 0 Å². The Morgan fingerprint density at radius 2 is 1.41 bits per heavy atom. The summed E-state index contributed by atoms with van der Waals surface area (Å²) in [5, 5.41) is 15.3. The Bertz CT molecular complexity index is 1610. The van der Waals surface area contributed by atoms with Gasteiger partial charge in [0.2, 0.25) is 0 Å². The molecule has 1 aliphatic rings. The number of phenols is 1. The van der Waals surface area contributed by atoms with E-state index in [1.165, 1.54) is 21.6 Å². The monoisotopic (exact) mass is 499 g/mol. The zero-order chi connectivity index (χ0) is 25.4. The lowest BCUT2D eigenvalue weighted by molar-refractivity contribution is 0.454. The first-order chi connectivity index (χ1) is 18.1. The van der Waals surface area contributed by atoms with Crippen molar-refractivity contribution in [2.45, 2.75) is 25.7 Å². The lowest BCUT2D eigenvalue weighted by Gasteiger charge is -2.34. The van der Waals surface area contributed by atoms with Crippen molar-refractivity contribution in [3.05, 3.63) is 138 Å². The van der Waals surface area contributed by atoms with Gasteiger partial charge in [0.05, 0.1) is 16.6 Å². The minimum atomic E-state index is -0.698. The summed E-state index contributed by atoms with van der Waals surface area (Å²) in [7, 11) is -0.698. The molecular formula is C34H30NOP. The fraction of sp³-hybridized carbons (Fsp3) is 0.147. The molecule has 0 amide bonds. The molecule has 2 unspecified atom stereocenters. The van der Waals surface area contributed by atoms with Gasteiger partial charge in [-0.3, -0.25) is 4.99 Å². The predicted molar refractivity (Wildman–Crippen MR) is 158 cm³/mol. The van der Waals surface area contributed by atoms with Crippen molar-refractivity contribution >= 4 is 35.1 Å². The van der Waals surface area contributed by atoms with Gasteiger partial charge >= 0.3 is 0 Å². The average molecular weight is 500 g/mol. The van der Waals surface area contributed by atoms with Crippen LogP contribution in [0.4, 0.5) is 5.69 Å².